The second-order valence-corrected chi connectivity index (χ2v) is 9.28. The second-order valence-electron chi connectivity index (χ2n) is 8.47. The molecule has 0 aliphatic heterocycles. The molecule has 7 nitrogen and oxygen atoms in total. The zero-order valence-electron chi connectivity index (χ0n) is 20.1. The van der Waals surface area contributed by atoms with E-state index in [9.17, 15) is 9.59 Å². The Morgan fingerprint density at radius 3 is 2.11 bits per heavy atom. The molecule has 185 valence electrons. The van der Waals surface area contributed by atoms with Crippen molar-refractivity contribution in [3.8, 4) is 11.1 Å². The fourth-order valence-corrected chi connectivity index (χ4v) is 4.87. The quantitative estimate of drug-likeness (QED) is 0.192. The van der Waals surface area contributed by atoms with Gasteiger partial charge in [0.2, 0.25) is 0 Å². The summed E-state index contributed by atoms with van der Waals surface area (Å²) in [5, 5.41) is 5.89. The number of aliphatic imine (C=N–C) groups is 1. The summed E-state index contributed by atoms with van der Waals surface area (Å²) in [4.78, 5) is 29.0. The summed E-state index contributed by atoms with van der Waals surface area (Å²) in [6, 6.07) is 25.0. The first kappa shape index (κ1) is 25.5. The molecule has 0 heterocycles. The molecule has 2 N–H and O–H groups in total. The summed E-state index contributed by atoms with van der Waals surface area (Å²) in [6.45, 7) is 2.16. The van der Waals surface area contributed by atoms with Gasteiger partial charge in [-0.1, -0.05) is 12.1 Å². The molecule has 0 saturated heterocycles. The topological polar surface area (TPSA) is 89.0 Å². The van der Waals surface area contributed by atoms with Crippen molar-refractivity contribution in [2.75, 3.05) is 20.3 Å². The summed E-state index contributed by atoms with van der Waals surface area (Å²) in [5.74, 6) is -0.411. The van der Waals surface area contributed by atoms with Crippen LogP contribution in [0.3, 0.4) is 0 Å². The van der Waals surface area contributed by atoms with Crippen molar-refractivity contribution in [1.29, 1.82) is 0 Å². The van der Waals surface area contributed by atoms with Gasteiger partial charge in [0.05, 0.1) is 0 Å². The molecule has 3 aromatic rings. The number of carbonyl (C=O) groups excluding carboxylic acids is 2. The molecule has 0 aromatic heterocycles. The monoisotopic (exact) mass is 550 g/mol. The SMILES string of the molecule is COC(=O)[C@@H](C)NC([Se])=NC[C@@H](NC(=O)OCC1c2ccccc2-c2ccccc21)c1ccccc1. The molecule has 1 amide bonds. The summed E-state index contributed by atoms with van der Waals surface area (Å²) >= 11 is 2.82. The van der Waals surface area contributed by atoms with E-state index in [1.54, 1.807) is 6.92 Å². The number of methoxy groups -OCH3 is 1. The van der Waals surface area contributed by atoms with E-state index >= 15 is 0 Å². The van der Waals surface area contributed by atoms with E-state index in [2.05, 4.69) is 55.9 Å². The predicted octanol–water partition coefficient (Wildman–Crippen LogP) is 3.94. The van der Waals surface area contributed by atoms with Crippen LogP contribution < -0.4 is 10.6 Å². The Bertz CT molecular complexity index is 1200. The average Bonchev–Trinajstić information content (AvgIpc) is 3.23. The molecular weight excluding hydrogens is 521 g/mol. The van der Waals surface area contributed by atoms with Crippen molar-refractivity contribution >= 4 is 32.8 Å². The number of esters is 1. The van der Waals surface area contributed by atoms with E-state index in [4.69, 9.17) is 9.47 Å². The number of fused-ring (bicyclic) bond motifs is 3. The van der Waals surface area contributed by atoms with Crippen LogP contribution in [0.5, 0.6) is 0 Å². The zero-order valence-corrected chi connectivity index (χ0v) is 21.9. The number of alkyl carbamates (subject to hydrolysis) is 1. The second kappa shape index (κ2) is 11.9. The van der Waals surface area contributed by atoms with Gasteiger partial charge in [-0.05, 0) is 0 Å². The Hall–Kier alpha value is -3.61. The van der Waals surface area contributed by atoms with Crippen LogP contribution in [0.4, 0.5) is 4.79 Å². The van der Waals surface area contributed by atoms with E-state index < -0.39 is 24.1 Å². The number of rotatable bonds is 8. The van der Waals surface area contributed by atoms with Gasteiger partial charge in [-0.3, -0.25) is 0 Å². The molecule has 1 aliphatic carbocycles. The predicted molar refractivity (Wildman–Crippen MR) is 140 cm³/mol. The van der Waals surface area contributed by atoms with Crippen LogP contribution in [-0.4, -0.2) is 59.1 Å². The van der Waals surface area contributed by atoms with Gasteiger partial charge in [-0.2, -0.15) is 0 Å². The molecule has 0 spiro atoms. The van der Waals surface area contributed by atoms with Gasteiger partial charge < -0.3 is 0 Å². The first-order valence-corrected chi connectivity index (χ1v) is 12.6. The summed E-state index contributed by atoms with van der Waals surface area (Å²) in [7, 11) is 1.33. The van der Waals surface area contributed by atoms with E-state index in [0.717, 1.165) is 16.7 Å². The molecule has 36 heavy (non-hydrogen) atoms. The standard InChI is InChI=1S/C28H28N3O4Se/c1-18(26(32)34-2)30-27(36)29-16-25(19-10-4-3-5-11-19)31-28(33)35-17-24-22-14-8-6-12-20(22)21-13-7-9-15-23(21)24/h3-15,18,24-25H,16-17H2,1-2H3,(H,29,30)(H,31,33)/t18-,25-/m1/s1. The van der Waals surface area contributed by atoms with Crippen molar-refractivity contribution in [3.63, 3.8) is 0 Å². The molecule has 1 radical (unpaired) electrons. The summed E-state index contributed by atoms with van der Waals surface area (Å²) < 4.78 is 10.9. The van der Waals surface area contributed by atoms with E-state index in [0.29, 0.717) is 4.73 Å². The average molecular weight is 550 g/mol. The van der Waals surface area contributed by atoms with Crippen LogP contribution in [0.1, 0.15) is 35.6 Å². The van der Waals surface area contributed by atoms with Crippen LogP contribution in [0.15, 0.2) is 83.9 Å². The van der Waals surface area contributed by atoms with Crippen LogP contribution in [0.2, 0.25) is 0 Å². The Kier molecular flexibility index (Phi) is 8.41. The minimum absolute atomic E-state index is 0.0165. The molecule has 0 fully saturated rings. The van der Waals surface area contributed by atoms with Crippen LogP contribution in [-0.2, 0) is 14.3 Å². The van der Waals surface area contributed by atoms with Crippen molar-refractivity contribution in [2.24, 2.45) is 4.99 Å². The van der Waals surface area contributed by atoms with Crippen molar-refractivity contribution < 1.29 is 19.1 Å². The Morgan fingerprint density at radius 1 is 0.917 bits per heavy atom. The van der Waals surface area contributed by atoms with Gasteiger partial charge in [-0.15, -0.1) is 0 Å². The van der Waals surface area contributed by atoms with E-state index in [1.165, 1.54) is 18.2 Å². The molecule has 1 aliphatic rings. The van der Waals surface area contributed by atoms with E-state index in [1.807, 2.05) is 54.6 Å². The molecule has 4 rings (SSSR count). The molecule has 3 aromatic carbocycles. The number of hydrogen-bond acceptors (Lipinski definition) is 5. The molecule has 0 unspecified atom stereocenters. The van der Waals surface area contributed by atoms with Crippen LogP contribution >= 0.6 is 0 Å². The van der Waals surface area contributed by atoms with Gasteiger partial charge in [0.1, 0.15) is 0 Å². The van der Waals surface area contributed by atoms with Gasteiger partial charge in [0.25, 0.3) is 0 Å². The zero-order chi connectivity index (χ0) is 25.5. The molecule has 0 saturated carbocycles. The number of carbonyl (C=O) groups is 2. The van der Waals surface area contributed by atoms with Gasteiger partial charge in [0, 0.05) is 0 Å². The van der Waals surface area contributed by atoms with Crippen molar-refractivity contribution in [3.05, 3.63) is 95.6 Å². The fraction of sp³-hybridized carbons (Fsp3) is 0.250. The third-order valence-corrected chi connectivity index (χ3v) is 6.67. The Balaban J connectivity index is 1.43. The van der Waals surface area contributed by atoms with Crippen LogP contribution in [0, 0.1) is 0 Å². The number of benzene rings is 3. The number of amidine groups is 1. The molecule has 8 heteroatoms. The van der Waals surface area contributed by atoms with Crippen molar-refractivity contribution in [2.45, 2.75) is 24.9 Å². The van der Waals surface area contributed by atoms with Crippen molar-refractivity contribution in [1.82, 2.24) is 10.6 Å². The van der Waals surface area contributed by atoms with E-state index in [-0.39, 0.29) is 19.1 Å². The maximum absolute atomic E-state index is 12.9. The normalized spacial score (nSPS) is 14.2. The van der Waals surface area contributed by atoms with Crippen LogP contribution in [0.25, 0.3) is 11.1 Å². The number of nitrogens with one attached hydrogen (secondary N) is 2. The molecular formula is C28H28N3O4Se. The third-order valence-electron chi connectivity index (χ3n) is 6.15. The Labute approximate surface area is 219 Å². The molecule has 2 atom stereocenters. The Morgan fingerprint density at radius 2 is 1.50 bits per heavy atom. The van der Waals surface area contributed by atoms with Gasteiger partial charge >= 0.3 is 207 Å². The summed E-state index contributed by atoms with van der Waals surface area (Å²) in [5.41, 5.74) is 5.57. The number of hydrogen-bond donors (Lipinski definition) is 2. The first-order chi connectivity index (χ1) is 17.5. The summed E-state index contributed by atoms with van der Waals surface area (Å²) in [6.07, 6.45) is -0.515. The number of ether oxygens (including phenoxy) is 2. The molecule has 0 bridgehead atoms. The number of amides is 1. The number of nitrogens with zero attached hydrogens (tertiary/aromatic N) is 1. The maximum atomic E-state index is 12.9. The third kappa shape index (κ3) is 5.96. The van der Waals surface area contributed by atoms with Gasteiger partial charge in [0.15, 0.2) is 0 Å². The fourth-order valence-electron chi connectivity index (χ4n) is 4.34. The first-order valence-electron chi connectivity index (χ1n) is 11.7. The van der Waals surface area contributed by atoms with Gasteiger partial charge in [-0.25, -0.2) is 0 Å². The minimum atomic E-state index is -0.555.